The molecule has 0 N–H and O–H groups in total. The summed E-state index contributed by atoms with van der Waals surface area (Å²) in [4.78, 5) is 22.0. The molecule has 6 nitrogen and oxygen atoms in total. The van der Waals surface area contributed by atoms with Crippen molar-refractivity contribution < 1.29 is 0 Å². The first-order chi connectivity index (χ1) is 63.5. The lowest BCUT2D eigenvalue weighted by atomic mass is 9.60. The molecular formula is C120H82N6Si2. The predicted molar refractivity (Wildman–Crippen MR) is 531 cm³/mol. The monoisotopic (exact) mass is 1660 g/mol. The van der Waals surface area contributed by atoms with Gasteiger partial charge in [-0.25, -0.2) is 19.9 Å². The smallest absolute Gasteiger partial charge is 0.235 e. The van der Waals surface area contributed by atoms with Crippen LogP contribution < -0.4 is 41.5 Å². The molecule has 0 radical (unpaired) electrons. The fraction of sp³-hybridized carbons (Fsp3) is 0.0333. The number of nitrogens with zero attached hydrogens (tertiary/aromatic N) is 6. The normalized spacial score (nSPS) is 14.9. The molecule has 0 aliphatic heterocycles. The number of fused-ring (bicyclic) bond motifs is 6. The second-order valence-corrected chi connectivity index (χ2v) is 42.0. The van der Waals surface area contributed by atoms with Crippen LogP contribution in [0.1, 0.15) is 90.4 Å². The largest absolute Gasteiger partial charge is 0.294 e. The summed E-state index contributed by atoms with van der Waals surface area (Å²) >= 11 is 0. The van der Waals surface area contributed by atoms with Crippen molar-refractivity contribution in [3.8, 4) is 56.9 Å². The Morgan fingerprint density at radius 1 is 0.188 bits per heavy atom. The predicted octanol–water partition coefficient (Wildman–Crippen LogP) is 22.5. The first-order valence-electron chi connectivity index (χ1n) is 44.5. The van der Waals surface area contributed by atoms with E-state index in [1.165, 1.54) is 135 Å². The maximum atomic E-state index is 5.84. The standard InChI is InChI=1S/C78H55N3Si2.C42H27N3/c1-7-29-56(30-8-1)82(57-31-9-2-10-32-57,58-33-11-3-12-34-58)62-41-25-27-54(51-62)70-53-71(55-28-26-42-63(52-55)83(59-35-13-4-14-36-59,60-37-15-5-16-38-60)61-39-17-6-18-40-61)80-78(79-70)81-72-48-24-23-47-68(72)76-73(81)50-49-69-74-64-43-19-21-45-66(64)75(77(69)76)67-46-22-20-44-65(67)74;1-3-13-26(14-4-1)34-25-37(44-42(43-34)27-15-5-2-6-16-27)45-35-22-12-11-21-32(35)40-36(45)24-23-33-38-28-17-7-9-19-30(28)39(41(33)40)31-20-10-8-18-29(31)38/h1-53,74-75H;1-25,38-39H. The molecule has 28 rings (SSSR count). The van der Waals surface area contributed by atoms with Crippen LogP contribution in [0.3, 0.4) is 0 Å². The molecule has 0 saturated heterocycles. The highest BCUT2D eigenvalue weighted by atomic mass is 28.3. The third kappa shape index (κ3) is 11.6. The molecule has 0 atom stereocenters. The highest BCUT2D eigenvalue weighted by molar-refractivity contribution is 7.20. The number of rotatable bonds is 14. The Hall–Kier alpha value is -15.8. The van der Waals surface area contributed by atoms with Gasteiger partial charge in [-0.3, -0.25) is 9.13 Å². The van der Waals surface area contributed by atoms with Crippen LogP contribution >= 0.6 is 0 Å². The van der Waals surface area contributed by atoms with Crippen molar-refractivity contribution in [2.75, 3.05) is 0 Å². The number of benzene rings is 18. The zero-order valence-electron chi connectivity index (χ0n) is 70.0. The second-order valence-electron chi connectivity index (χ2n) is 34.3. The molecule has 4 heterocycles. The van der Waals surface area contributed by atoms with E-state index in [-0.39, 0.29) is 23.7 Å². The van der Waals surface area contributed by atoms with Gasteiger partial charge >= 0.3 is 0 Å². The van der Waals surface area contributed by atoms with Gasteiger partial charge < -0.3 is 0 Å². The lowest BCUT2D eigenvalue weighted by Gasteiger charge is -2.42. The van der Waals surface area contributed by atoms with Gasteiger partial charge in [-0.05, 0) is 139 Å². The minimum atomic E-state index is -2.92. The van der Waals surface area contributed by atoms with Gasteiger partial charge in [0.1, 0.15) is 5.82 Å². The van der Waals surface area contributed by atoms with E-state index >= 15 is 0 Å². The van der Waals surface area contributed by atoms with Crippen molar-refractivity contribution in [2.45, 2.75) is 23.7 Å². The average molecular weight is 1660 g/mol. The van der Waals surface area contributed by atoms with Gasteiger partial charge in [0.05, 0.1) is 39.1 Å². The Bertz CT molecular complexity index is 7550. The molecule has 18 aromatic carbocycles. The van der Waals surface area contributed by atoms with Crippen LogP contribution in [-0.4, -0.2) is 45.2 Å². The fourth-order valence-corrected chi connectivity index (χ4v) is 32.3. The van der Waals surface area contributed by atoms with E-state index < -0.39 is 16.1 Å². The van der Waals surface area contributed by atoms with Gasteiger partial charge in [0, 0.05) is 73.5 Å². The number of hydrogen-bond acceptors (Lipinski definition) is 4. The minimum Gasteiger partial charge on any atom is -0.294 e. The molecular weight excluding hydrogens is 1580 g/mol. The minimum absolute atomic E-state index is 0.0882. The maximum Gasteiger partial charge on any atom is 0.235 e. The van der Waals surface area contributed by atoms with Crippen LogP contribution in [0.15, 0.2) is 473 Å². The van der Waals surface area contributed by atoms with Crippen LogP contribution in [0.2, 0.25) is 0 Å². The van der Waals surface area contributed by atoms with Crippen molar-refractivity contribution in [2.24, 2.45) is 0 Å². The Morgan fingerprint density at radius 3 is 0.852 bits per heavy atom. The third-order valence-electron chi connectivity index (χ3n) is 27.9. The highest BCUT2D eigenvalue weighted by Crippen LogP contribution is 2.60. The fourth-order valence-electron chi connectivity index (χ4n) is 22.7. The van der Waals surface area contributed by atoms with Crippen molar-refractivity contribution in [1.29, 1.82) is 0 Å². The van der Waals surface area contributed by atoms with E-state index in [2.05, 4.69) is 458 Å². The van der Waals surface area contributed by atoms with Gasteiger partial charge in [-0.1, -0.05) is 437 Å². The maximum absolute atomic E-state index is 5.84. The summed E-state index contributed by atoms with van der Waals surface area (Å²) in [7, 11) is -5.84. The molecule has 6 aliphatic rings. The first kappa shape index (κ1) is 74.7. The summed E-state index contributed by atoms with van der Waals surface area (Å²) in [5, 5.41) is 15.6. The Kier molecular flexibility index (Phi) is 17.8. The van der Waals surface area contributed by atoms with Crippen LogP contribution in [-0.2, 0) is 0 Å². The highest BCUT2D eigenvalue weighted by Gasteiger charge is 2.47. The summed E-state index contributed by atoms with van der Waals surface area (Å²) < 4.78 is 4.71. The van der Waals surface area contributed by atoms with Crippen molar-refractivity contribution >= 4 is 101 Å². The quantitative estimate of drug-likeness (QED) is 0.0804. The van der Waals surface area contributed by atoms with Crippen molar-refractivity contribution in [3.05, 3.63) is 540 Å². The molecule has 600 valence electrons. The summed E-state index contributed by atoms with van der Waals surface area (Å²) in [5.74, 6) is 2.88. The lowest BCUT2D eigenvalue weighted by molar-refractivity contribution is 0.761. The molecule has 4 bridgehead atoms. The van der Waals surface area contributed by atoms with E-state index in [1.54, 1.807) is 0 Å². The van der Waals surface area contributed by atoms with Gasteiger partial charge in [0.2, 0.25) is 5.95 Å². The zero-order valence-corrected chi connectivity index (χ0v) is 72.0. The molecule has 0 saturated carbocycles. The lowest BCUT2D eigenvalue weighted by Crippen LogP contribution is -2.74. The van der Waals surface area contributed by atoms with E-state index in [9.17, 15) is 0 Å². The molecule has 0 unspecified atom stereocenters. The van der Waals surface area contributed by atoms with Crippen LogP contribution in [0.5, 0.6) is 0 Å². The van der Waals surface area contributed by atoms with Crippen LogP contribution in [0, 0.1) is 0 Å². The SMILES string of the molecule is c1ccc(-c2cc(-n3c4ccccc4c4c5c(ccc43)C3c4ccccc4C5c4ccccc43)nc(-c3ccccc3)n2)cc1.c1ccc([Si](c2ccccc2)(c2ccccc2)c2cccc(-c3cc(-c4cccc([Si](c5ccccc5)(c5ccccc5)c5ccccc5)c4)nc(-n4c5ccccc5c5c6c(ccc54)C4c5ccccc5C6c5ccccc54)n3)c2)cc1. The molecule has 0 amide bonds. The Morgan fingerprint density at radius 2 is 0.477 bits per heavy atom. The third-order valence-corrected chi connectivity index (χ3v) is 37.4. The number of para-hydroxylation sites is 2. The zero-order chi connectivity index (χ0) is 84.4. The number of hydrogen-bond donors (Lipinski definition) is 0. The van der Waals surface area contributed by atoms with E-state index in [0.717, 1.165) is 67.5 Å². The summed E-state index contributed by atoms with van der Waals surface area (Å²) in [6.45, 7) is 0. The van der Waals surface area contributed by atoms with Gasteiger partial charge in [0.15, 0.2) is 22.0 Å². The second kappa shape index (κ2) is 30.5. The van der Waals surface area contributed by atoms with Crippen LogP contribution in [0.25, 0.3) is 101 Å². The Labute approximate surface area is 745 Å². The van der Waals surface area contributed by atoms with Gasteiger partial charge in [0.25, 0.3) is 0 Å². The molecule has 6 aliphatic carbocycles. The van der Waals surface area contributed by atoms with Gasteiger partial charge in [-0.2, -0.15) is 0 Å². The summed E-state index contributed by atoms with van der Waals surface area (Å²) in [6, 6.07) is 174. The van der Waals surface area contributed by atoms with Crippen molar-refractivity contribution in [1.82, 2.24) is 29.1 Å². The summed E-state index contributed by atoms with van der Waals surface area (Å²) in [6.07, 6.45) is 0. The van der Waals surface area contributed by atoms with Crippen LogP contribution in [0.4, 0.5) is 0 Å². The van der Waals surface area contributed by atoms with E-state index in [4.69, 9.17) is 19.9 Å². The van der Waals surface area contributed by atoms with E-state index in [1.807, 2.05) is 24.3 Å². The topological polar surface area (TPSA) is 61.4 Å². The summed E-state index contributed by atoms with van der Waals surface area (Å²) in [5.41, 5.74) is 28.3. The molecule has 22 aromatic rings. The molecule has 4 aromatic heterocycles. The molecule has 8 heteroatoms. The van der Waals surface area contributed by atoms with Crippen molar-refractivity contribution in [3.63, 3.8) is 0 Å². The van der Waals surface area contributed by atoms with Gasteiger partial charge in [-0.15, -0.1) is 0 Å². The molecule has 0 fully saturated rings. The number of aromatic nitrogens is 6. The molecule has 128 heavy (non-hydrogen) atoms. The van der Waals surface area contributed by atoms with E-state index in [0.29, 0.717) is 5.95 Å². The molecule has 0 spiro atoms. The average Bonchev–Trinajstić information content (AvgIpc) is 1.35. The Balaban J connectivity index is 0.000000165. The first-order valence-corrected chi connectivity index (χ1v) is 48.5.